The van der Waals surface area contributed by atoms with E-state index in [0.717, 1.165) is 5.39 Å². The van der Waals surface area contributed by atoms with Crippen LogP contribution in [0.2, 0.25) is 0 Å². The zero-order valence-corrected chi connectivity index (χ0v) is 7.82. The molecule has 2 heterocycles. The molecule has 0 aliphatic carbocycles. The minimum absolute atomic E-state index is 0.191. The van der Waals surface area contributed by atoms with E-state index >= 15 is 0 Å². The van der Waals surface area contributed by atoms with Gasteiger partial charge in [0.1, 0.15) is 5.65 Å². The summed E-state index contributed by atoms with van der Waals surface area (Å²) in [6, 6.07) is 3.10. The van der Waals surface area contributed by atoms with Crippen LogP contribution >= 0.6 is 0 Å². The zero-order valence-electron chi connectivity index (χ0n) is 7.82. The van der Waals surface area contributed by atoms with Gasteiger partial charge in [0.05, 0.1) is 6.54 Å². The van der Waals surface area contributed by atoms with E-state index in [1.807, 2.05) is 0 Å². The summed E-state index contributed by atoms with van der Waals surface area (Å²) in [6.45, 7) is 0.350. The van der Waals surface area contributed by atoms with Gasteiger partial charge in [-0.25, -0.2) is 4.98 Å². The van der Waals surface area contributed by atoms with Crippen molar-refractivity contribution in [1.82, 2.24) is 15.0 Å². The second-order valence-electron chi connectivity index (χ2n) is 2.88. The highest BCUT2D eigenvalue weighted by atomic mass is 16.1. The molecule has 0 unspecified atom stereocenters. The molecule has 0 fully saturated rings. The normalized spacial score (nSPS) is 9.80. The van der Waals surface area contributed by atoms with Crippen molar-refractivity contribution in [2.45, 2.75) is 0 Å². The average Bonchev–Trinajstić information content (AvgIpc) is 2.25. The van der Waals surface area contributed by atoms with E-state index < -0.39 is 0 Å². The fourth-order valence-corrected chi connectivity index (χ4v) is 1.15. The van der Waals surface area contributed by atoms with Crippen molar-refractivity contribution in [1.29, 1.82) is 0 Å². The van der Waals surface area contributed by atoms with Crippen LogP contribution in [-0.2, 0) is 0 Å². The van der Waals surface area contributed by atoms with Gasteiger partial charge in [-0.15, -0.1) is 6.42 Å². The molecule has 2 rings (SSSR count). The molecule has 0 radical (unpaired) electrons. The van der Waals surface area contributed by atoms with Crippen LogP contribution in [0, 0.1) is 12.3 Å². The number of fused-ring (bicyclic) bond motifs is 1. The molecular weight excluding hydrogens is 192 g/mol. The molecule has 74 valence electrons. The molecule has 2 N–H and O–H groups in total. The van der Waals surface area contributed by atoms with Crippen LogP contribution in [0.25, 0.3) is 11.0 Å². The monoisotopic (exact) mass is 200 g/mol. The van der Waals surface area contributed by atoms with Gasteiger partial charge in [0, 0.05) is 17.6 Å². The van der Waals surface area contributed by atoms with E-state index in [0.29, 0.717) is 18.1 Å². The molecule has 0 saturated heterocycles. The minimum atomic E-state index is -0.191. The molecule has 0 spiro atoms. The van der Waals surface area contributed by atoms with E-state index in [9.17, 15) is 4.79 Å². The van der Waals surface area contributed by atoms with E-state index in [2.05, 4.69) is 26.2 Å². The Morgan fingerprint density at radius 1 is 1.53 bits per heavy atom. The maximum Gasteiger partial charge on any atom is 0.249 e. The summed E-state index contributed by atoms with van der Waals surface area (Å²) in [5.74, 6) is 2.82. The number of anilines is 1. The molecule has 0 aliphatic heterocycles. The van der Waals surface area contributed by atoms with Gasteiger partial charge < -0.3 is 10.3 Å². The van der Waals surface area contributed by atoms with Gasteiger partial charge in [-0.2, -0.15) is 4.98 Å². The van der Waals surface area contributed by atoms with E-state index in [1.54, 1.807) is 12.3 Å². The second-order valence-corrected chi connectivity index (χ2v) is 2.88. The summed E-state index contributed by atoms with van der Waals surface area (Å²) < 4.78 is 0. The number of aromatic nitrogens is 3. The predicted molar refractivity (Wildman–Crippen MR) is 57.5 cm³/mol. The number of pyridine rings is 1. The maximum atomic E-state index is 11.0. The summed E-state index contributed by atoms with van der Waals surface area (Å²) >= 11 is 0. The van der Waals surface area contributed by atoms with Gasteiger partial charge in [-0.05, 0) is 6.07 Å². The van der Waals surface area contributed by atoms with Crippen LogP contribution in [0.15, 0.2) is 23.1 Å². The average molecular weight is 200 g/mol. The second kappa shape index (κ2) is 3.80. The first-order chi connectivity index (χ1) is 7.29. The van der Waals surface area contributed by atoms with Gasteiger partial charge in [0.25, 0.3) is 0 Å². The predicted octanol–water partition coefficient (Wildman–Crippen LogP) is 0.363. The van der Waals surface area contributed by atoms with Gasteiger partial charge in [0.15, 0.2) is 0 Å². The Morgan fingerprint density at radius 3 is 3.20 bits per heavy atom. The van der Waals surface area contributed by atoms with Crippen molar-refractivity contribution in [3.63, 3.8) is 0 Å². The van der Waals surface area contributed by atoms with E-state index in [1.165, 1.54) is 6.07 Å². The molecule has 0 amide bonds. The number of nitrogens with zero attached hydrogens (tertiary/aromatic N) is 2. The molecule has 15 heavy (non-hydrogen) atoms. The molecule has 2 aromatic rings. The van der Waals surface area contributed by atoms with Crippen molar-refractivity contribution in [3.05, 3.63) is 28.7 Å². The SMILES string of the molecule is C#CCNc1ncc2ccc(=O)[nH]c2n1. The van der Waals surface area contributed by atoms with Crippen molar-refractivity contribution in [2.24, 2.45) is 0 Å². The standard InChI is InChI=1S/C10H8N4O/c1-2-5-11-10-12-6-7-3-4-8(15)13-9(7)14-10/h1,3-4,6H,5H2,(H2,11,12,13,14,15). The first-order valence-electron chi connectivity index (χ1n) is 4.33. The lowest BCUT2D eigenvalue weighted by Gasteiger charge is -2.01. The molecule has 2 aromatic heterocycles. The summed E-state index contributed by atoms with van der Waals surface area (Å²) in [5.41, 5.74) is 0.307. The van der Waals surface area contributed by atoms with Crippen LogP contribution in [0.3, 0.4) is 0 Å². The fourth-order valence-electron chi connectivity index (χ4n) is 1.15. The van der Waals surface area contributed by atoms with Crippen LogP contribution in [0.4, 0.5) is 5.95 Å². The highest BCUT2D eigenvalue weighted by Gasteiger charge is 1.98. The van der Waals surface area contributed by atoms with Crippen LogP contribution in [-0.4, -0.2) is 21.5 Å². The van der Waals surface area contributed by atoms with Crippen LogP contribution < -0.4 is 10.9 Å². The Kier molecular flexibility index (Phi) is 2.33. The first-order valence-corrected chi connectivity index (χ1v) is 4.33. The lowest BCUT2D eigenvalue weighted by molar-refractivity contribution is 1.13. The number of aromatic amines is 1. The quantitative estimate of drug-likeness (QED) is 0.687. The molecule has 5 nitrogen and oxygen atoms in total. The topological polar surface area (TPSA) is 70.7 Å². The molecule has 0 aliphatic rings. The molecule has 0 aromatic carbocycles. The van der Waals surface area contributed by atoms with Crippen LogP contribution in [0.1, 0.15) is 0 Å². The number of hydrogen-bond donors (Lipinski definition) is 2. The number of terminal acetylenes is 1. The highest BCUT2D eigenvalue weighted by Crippen LogP contribution is 2.06. The van der Waals surface area contributed by atoms with Crippen LogP contribution in [0.5, 0.6) is 0 Å². The third-order valence-electron chi connectivity index (χ3n) is 1.82. The Bertz CT molecular complexity index is 582. The summed E-state index contributed by atoms with van der Waals surface area (Å²) in [7, 11) is 0. The summed E-state index contributed by atoms with van der Waals surface area (Å²) in [4.78, 5) is 21.8. The number of hydrogen-bond acceptors (Lipinski definition) is 4. The fraction of sp³-hybridized carbons (Fsp3) is 0.100. The summed E-state index contributed by atoms with van der Waals surface area (Å²) in [6.07, 6.45) is 6.71. The highest BCUT2D eigenvalue weighted by molar-refractivity contribution is 5.74. The third-order valence-corrected chi connectivity index (χ3v) is 1.82. The number of nitrogens with one attached hydrogen (secondary N) is 2. The van der Waals surface area contributed by atoms with Crippen molar-refractivity contribution < 1.29 is 0 Å². The minimum Gasteiger partial charge on any atom is -0.343 e. The lowest BCUT2D eigenvalue weighted by Crippen LogP contribution is -2.07. The first kappa shape index (κ1) is 9.21. The largest absolute Gasteiger partial charge is 0.343 e. The van der Waals surface area contributed by atoms with Gasteiger partial charge >= 0.3 is 0 Å². The maximum absolute atomic E-state index is 11.0. The van der Waals surface area contributed by atoms with Gasteiger partial charge in [-0.1, -0.05) is 5.92 Å². The Labute approximate surface area is 85.6 Å². The molecule has 0 saturated carbocycles. The van der Waals surface area contributed by atoms with Crippen molar-refractivity contribution >= 4 is 17.0 Å². The summed E-state index contributed by atoms with van der Waals surface area (Å²) in [5, 5.41) is 3.60. The Hall–Kier alpha value is -2.35. The van der Waals surface area contributed by atoms with Crippen molar-refractivity contribution in [3.8, 4) is 12.3 Å². The smallest absolute Gasteiger partial charge is 0.249 e. The van der Waals surface area contributed by atoms with E-state index in [-0.39, 0.29) is 5.56 Å². The third kappa shape index (κ3) is 1.94. The van der Waals surface area contributed by atoms with Gasteiger partial charge in [-0.3, -0.25) is 4.79 Å². The lowest BCUT2D eigenvalue weighted by atomic mass is 10.3. The molecular formula is C10H8N4O. The number of H-pyrrole nitrogens is 1. The van der Waals surface area contributed by atoms with Gasteiger partial charge in [0.2, 0.25) is 11.5 Å². The molecule has 0 bridgehead atoms. The zero-order chi connectivity index (χ0) is 10.7. The Morgan fingerprint density at radius 2 is 2.40 bits per heavy atom. The molecule has 0 atom stereocenters. The number of rotatable bonds is 2. The van der Waals surface area contributed by atoms with E-state index in [4.69, 9.17) is 6.42 Å². The molecule has 5 heteroatoms. The van der Waals surface area contributed by atoms with Crippen molar-refractivity contribution in [2.75, 3.05) is 11.9 Å². The Balaban J connectivity index is 2.46.